The van der Waals surface area contributed by atoms with Crippen LogP contribution in [0.15, 0.2) is 54.6 Å². The molecule has 2 atom stereocenters. The van der Waals surface area contributed by atoms with Gasteiger partial charge in [-0.25, -0.2) is 0 Å². The van der Waals surface area contributed by atoms with Crippen LogP contribution in [0, 0.1) is 0 Å². The van der Waals surface area contributed by atoms with Gasteiger partial charge in [0.15, 0.2) is 0 Å². The van der Waals surface area contributed by atoms with Gasteiger partial charge in [-0.1, -0.05) is 42.5 Å². The molecule has 3 rings (SSSR count). The molecule has 5 heteroatoms. The van der Waals surface area contributed by atoms with Crippen LogP contribution in [0.2, 0.25) is 0 Å². The van der Waals surface area contributed by atoms with E-state index in [1.165, 1.54) is 4.80 Å². The Hall–Kier alpha value is -2.24. The summed E-state index contributed by atoms with van der Waals surface area (Å²) < 4.78 is 0. The van der Waals surface area contributed by atoms with Gasteiger partial charge in [0.2, 0.25) is 0 Å². The standard InChI is InChI=1S/C16H18N4O/c17-13(10-12-6-2-1-3-7-12)16(21)11-20-18-14-8-4-5-9-15(14)19-20/h1-9,13,16,21H,10-11,17H2/t13-,16+/m1/s1. The predicted octanol–water partition coefficient (Wildman–Crippen LogP) is 1.36. The summed E-state index contributed by atoms with van der Waals surface area (Å²) in [5.41, 5.74) is 8.83. The van der Waals surface area contributed by atoms with Gasteiger partial charge in [-0.2, -0.15) is 15.0 Å². The minimum Gasteiger partial charge on any atom is -0.389 e. The van der Waals surface area contributed by atoms with Crippen LogP contribution in [-0.4, -0.2) is 32.2 Å². The first kappa shape index (κ1) is 13.7. The first-order valence-electron chi connectivity index (χ1n) is 7.00. The summed E-state index contributed by atoms with van der Waals surface area (Å²) in [7, 11) is 0. The van der Waals surface area contributed by atoms with Crippen LogP contribution >= 0.6 is 0 Å². The lowest BCUT2D eigenvalue weighted by atomic mass is 10.0. The molecule has 0 saturated heterocycles. The van der Waals surface area contributed by atoms with E-state index in [9.17, 15) is 5.11 Å². The summed E-state index contributed by atoms with van der Waals surface area (Å²) in [5, 5.41) is 18.9. The van der Waals surface area contributed by atoms with Crippen molar-refractivity contribution in [2.75, 3.05) is 0 Å². The van der Waals surface area contributed by atoms with E-state index in [1.54, 1.807) is 0 Å². The number of nitrogens with zero attached hydrogens (tertiary/aromatic N) is 3. The maximum Gasteiger partial charge on any atom is 0.113 e. The number of aromatic nitrogens is 3. The fraction of sp³-hybridized carbons (Fsp3) is 0.250. The van der Waals surface area contributed by atoms with Crippen LogP contribution in [-0.2, 0) is 13.0 Å². The molecule has 1 aromatic heterocycles. The lowest BCUT2D eigenvalue weighted by molar-refractivity contribution is 0.116. The fourth-order valence-corrected chi connectivity index (χ4v) is 2.31. The van der Waals surface area contributed by atoms with E-state index in [-0.39, 0.29) is 6.04 Å². The smallest absolute Gasteiger partial charge is 0.113 e. The largest absolute Gasteiger partial charge is 0.389 e. The van der Waals surface area contributed by atoms with E-state index in [2.05, 4.69) is 10.2 Å². The van der Waals surface area contributed by atoms with E-state index in [0.717, 1.165) is 16.6 Å². The van der Waals surface area contributed by atoms with Crippen LogP contribution in [0.4, 0.5) is 0 Å². The molecule has 2 aromatic carbocycles. The van der Waals surface area contributed by atoms with Crippen molar-refractivity contribution in [1.29, 1.82) is 0 Å². The summed E-state index contributed by atoms with van der Waals surface area (Å²) >= 11 is 0. The molecule has 3 N–H and O–H groups in total. The lowest BCUT2D eigenvalue weighted by Crippen LogP contribution is -2.39. The second-order valence-corrected chi connectivity index (χ2v) is 5.16. The normalized spacial score (nSPS) is 14.2. The molecular formula is C16H18N4O. The van der Waals surface area contributed by atoms with Crippen LogP contribution in [0.1, 0.15) is 5.56 Å². The molecule has 0 bridgehead atoms. The molecular weight excluding hydrogens is 264 g/mol. The average molecular weight is 282 g/mol. The molecule has 0 amide bonds. The lowest BCUT2D eigenvalue weighted by Gasteiger charge is -2.18. The van der Waals surface area contributed by atoms with Crippen molar-refractivity contribution in [2.45, 2.75) is 25.1 Å². The van der Waals surface area contributed by atoms with Gasteiger partial charge in [0.05, 0.1) is 12.6 Å². The molecule has 0 fully saturated rings. The number of nitrogens with two attached hydrogens (primary N) is 1. The number of hydrogen-bond acceptors (Lipinski definition) is 4. The predicted molar refractivity (Wildman–Crippen MR) is 81.7 cm³/mol. The van der Waals surface area contributed by atoms with E-state index >= 15 is 0 Å². The Morgan fingerprint density at radius 3 is 2.14 bits per heavy atom. The second-order valence-electron chi connectivity index (χ2n) is 5.16. The molecule has 0 radical (unpaired) electrons. The number of fused-ring (bicyclic) bond motifs is 1. The van der Waals surface area contributed by atoms with Crippen molar-refractivity contribution in [3.8, 4) is 0 Å². The zero-order valence-electron chi connectivity index (χ0n) is 11.6. The monoisotopic (exact) mass is 282 g/mol. The molecule has 5 nitrogen and oxygen atoms in total. The van der Waals surface area contributed by atoms with Crippen molar-refractivity contribution in [3.63, 3.8) is 0 Å². The van der Waals surface area contributed by atoms with Crippen molar-refractivity contribution in [2.24, 2.45) is 5.73 Å². The van der Waals surface area contributed by atoms with Crippen molar-refractivity contribution >= 4 is 11.0 Å². The summed E-state index contributed by atoms with van der Waals surface area (Å²) in [4.78, 5) is 1.51. The third-order valence-corrected chi connectivity index (χ3v) is 3.49. The number of aliphatic hydroxyl groups excluding tert-OH is 1. The van der Waals surface area contributed by atoms with Crippen molar-refractivity contribution < 1.29 is 5.11 Å². The quantitative estimate of drug-likeness (QED) is 0.741. The number of aliphatic hydroxyl groups is 1. The molecule has 21 heavy (non-hydrogen) atoms. The molecule has 0 saturated carbocycles. The number of rotatable bonds is 5. The highest BCUT2D eigenvalue weighted by Gasteiger charge is 2.17. The maximum atomic E-state index is 10.2. The Morgan fingerprint density at radius 2 is 1.52 bits per heavy atom. The molecule has 3 aromatic rings. The molecule has 0 aliphatic rings. The SMILES string of the molecule is N[C@H](Cc1ccccc1)[C@@H](O)Cn1nc2ccccc2n1. The Labute approximate surface area is 123 Å². The Morgan fingerprint density at radius 1 is 0.952 bits per heavy atom. The van der Waals surface area contributed by atoms with E-state index in [4.69, 9.17) is 5.73 Å². The molecule has 108 valence electrons. The zero-order chi connectivity index (χ0) is 14.7. The molecule has 0 unspecified atom stereocenters. The number of benzene rings is 2. The van der Waals surface area contributed by atoms with Crippen LogP contribution in [0.25, 0.3) is 11.0 Å². The van der Waals surface area contributed by atoms with Gasteiger partial charge in [-0.05, 0) is 24.1 Å². The minimum absolute atomic E-state index is 0.294. The maximum absolute atomic E-state index is 10.2. The summed E-state index contributed by atoms with van der Waals surface area (Å²) in [6.45, 7) is 0.294. The second kappa shape index (κ2) is 6.03. The molecule has 0 aliphatic carbocycles. The van der Waals surface area contributed by atoms with Gasteiger partial charge in [0.25, 0.3) is 0 Å². The van der Waals surface area contributed by atoms with E-state index < -0.39 is 6.10 Å². The van der Waals surface area contributed by atoms with Gasteiger partial charge in [0, 0.05) is 6.04 Å². The fourth-order valence-electron chi connectivity index (χ4n) is 2.31. The van der Waals surface area contributed by atoms with Crippen molar-refractivity contribution in [3.05, 3.63) is 60.2 Å². The van der Waals surface area contributed by atoms with Gasteiger partial charge < -0.3 is 10.8 Å². The summed E-state index contributed by atoms with van der Waals surface area (Å²) in [6.07, 6.45) is -0.0602. The van der Waals surface area contributed by atoms with Gasteiger partial charge in [-0.15, -0.1) is 0 Å². The third-order valence-electron chi connectivity index (χ3n) is 3.49. The van der Waals surface area contributed by atoms with Gasteiger partial charge in [-0.3, -0.25) is 0 Å². The van der Waals surface area contributed by atoms with E-state index in [0.29, 0.717) is 13.0 Å². The zero-order valence-corrected chi connectivity index (χ0v) is 11.6. The first-order valence-corrected chi connectivity index (χ1v) is 7.00. The highest BCUT2D eigenvalue weighted by Crippen LogP contribution is 2.09. The Kier molecular flexibility index (Phi) is 3.94. The molecule has 0 spiro atoms. The Bertz CT molecular complexity index is 677. The van der Waals surface area contributed by atoms with Crippen molar-refractivity contribution in [1.82, 2.24) is 15.0 Å². The topological polar surface area (TPSA) is 77.0 Å². The van der Waals surface area contributed by atoms with Crippen LogP contribution in [0.3, 0.4) is 0 Å². The van der Waals surface area contributed by atoms with Crippen LogP contribution < -0.4 is 5.73 Å². The highest BCUT2D eigenvalue weighted by molar-refractivity contribution is 5.72. The third kappa shape index (κ3) is 3.26. The van der Waals surface area contributed by atoms with Gasteiger partial charge >= 0.3 is 0 Å². The first-order chi connectivity index (χ1) is 10.2. The Balaban J connectivity index is 1.66. The molecule has 1 heterocycles. The van der Waals surface area contributed by atoms with Crippen LogP contribution in [0.5, 0.6) is 0 Å². The summed E-state index contributed by atoms with van der Waals surface area (Å²) in [6, 6.07) is 17.2. The highest BCUT2D eigenvalue weighted by atomic mass is 16.3. The summed E-state index contributed by atoms with van der Waals surface area (Å²) in [5.74, 6) is 0. The minimum atomic E-state index is -0.688. The van der Waals surface area contributed by atoms with Gasteiger partial charge in [0.1, 0.15) is 11.0 Å². The number of hydrogen-bond donors (Lipinski definition) is 2. The molecule has 0 aliphatic heterocycles. The average Bonchev–Trinajstić information content (AvgIpc) is 2.90. The van der Waals surface area contributed by atoms with E-state index in [1.807, 2.05) is 54.6 Å².